The van der Waals surface area contributed by atoms with Gasteiger partial charge in [-0.3, -0.25) is 4.98 Å². The second-order valence-corrected chi connectivity index (χ2v) is 8.34. The van der Waals surface area contributed by atoms with E-state index in [1.807, 2.05) is 13.0 Å². The second-order valence-electron chi connectivity index (χ2n) is 8.34. The summed E-state index contributed by atoms with van der Waals surface area (Å²) in [6.45, 7) is 7.88. The van der Waals surface area contributed by atoms with Crippen LogP contribution in [0.3, 0.4) is 0 Å². The third-order valence-corrected chi connectivity index (χ3v) is 4.72. The molecule has 1 aromatic rings. The average molecular weight is 391 g/mol. The van der Waals surface area contributed by atoms with Gasteiger partial charge in [-0.05, 0) is 18.6 Å². The van der Waals surface area contributed by atoms with Crippen LogP contribution in [0.2, 0.25) is 0 Å². The quantitative estimate of drug-likeness (QED) is 0.772. The van der Waals surface area contributed by atoms with Crippen LogP contribution in [0.25, 0.3) is 5.70 Å². The summed E-state index contributed by atoms with van der Waals surface area (Å²) < 4.78 is 37.0. The molecule has 7 heteroatoms. The Bertz CT molecular complexity index is 794. The Labute approximate surface area is 164 Å². The Morgan fingerprint density at radius 3 is 2.64 bits per heavy atom. The molecule has 1 aliphatic heterocycles. The summed E-state index contributed by atoms with van der Waals surface area (Å²) in [5.41, 5.74) is 8.87. The Kier molecular flexibility index (Phi) is 5.92. The van der Waals surface area contributed by atoms with Crippen molar-refractivity contribution in [1.82, 2.24) is 10.3 Å². The molecule has 0 unspecified atom stereocenters. The zero-order valence-electron chi connectivity index (χ0n) is 16.5. The van der Waals surface area contributed by atoms with E-state index in [0.29, 0.717) is 36.7 Å². The van der Waals surface area contributed by atoms with Crippen LogP contribution in [0.1, 0.15) is 43.5 Å². The Morgan fingerprint density at radius 2 is 2.04 bits per heavy atom. The summed E-state index contributed by atoms with van der Waals surface area (Å²) in [6, 6.07) is 1.86. The number of halogens is 2. The summed E-state index contributed by atoms with van der Waals surface area (Å²) in [5.74, 6) is 3.03. The van der Waals surface area contributed by atoms with Crippen molar-refractivity contribution in [3.8, 4) is 11.8 Å². The molecule has 2 aliphatic rings. The van der Waals surface area contributed by atoms with E-state index in [0.717, 1.165) is 5.56 Å². The third-order valence-electron chi connectivity index (χ3n) is 4.72. The van der Waals surface area contributed by atoms with E-state index < -0.39 is 5.92 Å². The number of aromatic nitrogens is 1. The maximum atomic E-state index is 12.9. The first-order chi connectivity index (χ1) is 13.1. The van der Waals surface area contributed by atoms with Gasteiger partial charge in [-0.2, -0.15) is 0 Å². The average Bonchev–Trinajstić information content (AvgIpc) is 2.59. The van der Waals surface area contributed by atoms with Gasteiger partial charge in [-0.1, -0.05) is 25.7 Å². The Morgan fingerprint density at radius 1 is 1.36 bits per heavy atom. The smallest absolute Gasteiger partial charge is 0.250 e. The van der Waals surface area contributed by atoms with Crippen LogP contribution < -0.4 is 11.1 Å². The summed E-state index contributed by atoms with van der Waals surface area (Å²) in [7, 11) is 0. The maximum absolute atomic E-state index is 12.9. The molecule has 3 rings (SSSR count). The van der Waals surface area contributed by atoms with Crippen LogP contribution >= 0.6 is 0 Å². The minimum absolute atomic E-state index is 0.0382. The number of alkyl halides is 2. The largest absolute Gasteiger partial charge is 0.396 e. The molecule has 0 amide bonds. The number of nitrogens with two attached hydrogens (primary N) is 1. The minimum atomic E-state index is -2.55. The number of rotatable bonds is 4. The van der Waals surface area contributed by atoms with Crippen LogP contribution in [-0.2, 0) is 9.47 Å². The fourth-order valence-electron chi connectivity index (χ4n) is 3.07. The molecule has 3 N–H and O–H groups in total. The van der Waals surface area contributed by atoms with Gasteiger partial charge in [0.25, 0.3) is 5.92 Å². The predicted molar refractivity (Wildman–Crippen MR) is 103 cm³/mol. The van der Waals surface area contributed by atoms with Gasteiger partial charge in [0, 0.05) is 42.1 Å². The van der Waals surface area contributed by atoms with Crippen LogP contribution in [0.5, 0.6) is 0 Å². The number of pyridine rings is 1. The maximum Gasteiger partial charge on any atom is 0.250 e. The van der Waals surface area contributed by atoms with Crippen molar-refractivity contribution in [1.29, 1.82) is 0 Å². The van der Waals surface area contributed by atoms with Crippen molar-refractivity contribution in [2.75, 3.05) is 19.8 Å². The fraction of sp³-hybridized carbons (Fsp3) is 0.571. The lowest BCUT2D eigenvalue weighted by molar-refractivity contribution is -0.217. The normalized spacial score (nSPS) is 22.1. The number of aryl methyl sites for hydroxylation is 1. The molecule has 1 aromatic heterocycles. The van der Waals surface area contributed by atoms with E-state index >= 15 is 0 Å². The topological polar surface area (TPSA) is 69.4 Å². The molecule has 2 fully saturated rings. The van der Waals surface area contributed by atoms with Gasteiger partial charge < -0.3 is 20.5 Å². The molecule has 1 saturated carbocycles. The summed E-state index contributed by atoms with van der Waals surface area (Å²) in [4.78, 5) is 4.37. The number of nitrogens with one attached hydrogen (secondary N) is 1. The molecule has 0 radical (unpaired) electrons. The second kappa shape index (κ2) is 8.06. The molecule has 0 aromatic carbocycles. The lowest BCUT2D eigenvalue weighted by atomic mass is 9.82. The third kappa shape index (κ3) is 5.43. The van der Waals surface area contributed by atoms with Gasteiger partial charge in [0.2, 0.25) is 0 Å². The van der Waals surface area contributed by atoms with Gasteiger partial charge in [0.15, 0.2) is 6.29 Å². The molecular formula is C21H27F2N3O2. The monoisotopic (exact) mass is 391 g/mol. The molecule has 28 heavy (non-hydrogen) atoms. The van der Waals surface area contributed by atoms with Crippen LogP contribution in [0.4, 0.5) is 8.78 Å². The number of hydrogen-bond acceptors (Lipinski definition) is 5. The molecular weight excluding hydrogens is 364 g/mol. The highest BCUT2D eigenvalue weighted by Gasteiger charge is 2.44. The molecule has 1 saturated heterocycles. The standard InChI is InChI=1S/C21H27F2N3O2/c1-14-6-15(4-5-16-7-21(22,23)8-16)9-26-19(14)17(24)10-25-11-18-27-12-20(2,3)13-28-18/h6,9-10,16,18,25H,7-8,11-13,24H2,1-3H3/b17-10-. The van der Waals surface area contributed by atoms with E-state index in [9.17, 15) is 8.78 Å². The van der Waals surface area contributed by atoms with Crippen molar-refractivity contribution in [3.63, 3.8) is 0 Å². The van der Waals surface area contributed by atoms with Gasteiger partial charge in [0.1, 0.15) is 0 Å². The number of hydrogen-bond donors (Lipinski definition) is 2. The van der Waals surface area contributed by atoms with E-state index in [1.54, 1.807) is 12.4 Å². The van der Waals surface area contributed by atoms with Crippen LogP contribution in [0, 0.1) is 30.1 Å². The van der Waals surface area contributed by atoms with Crippen molar-refractivity contribution in [2.24, 2.45) is 17.1 Å². The van der Waals surface area contributed by atoms with Crippen molar-refractivity contribution < 1.29 is 18.3 Å². The van der Waals surface area contributed by atoms with Gasteiger partial charge >= 0.3 is 0 Å². The summed E-state index contributed by atoms with van der Waals surface area (Å²) in [5, 5.41) is 3.11. The van der Waals surface area contributed by atoms with E-state index in [1.165, 1.54) is 0 Å². The minimum Gasteiger partial charge on any atom is -0.396 e. The number of nitrogens with zero attached hydrogens (tertiary/aromatic N) is 1. The molecule has 0 atom stereocenters. The van der Waals surface area contributed by atoms with Gasteiger partial charge in [-0.15, -0.1) is 0 Å². The highest BCUT2D eigenvalue weighted by molar-refractivity contribution is 5.62. The summed E-state index contributed by atoms with van der Waals surface area (Å²) in [6.07, 6.45) is 2.68. The fourth-order valence-corrected chi connectivity index (χ4v) is 3.07. The van der Waals surface area contributed by atoms with Crippen LogP contribution in [0.15, 0.2) is 18.5 Å². The lowest BCUT2D eigenvalue weighted by Gasteiger charge is -2.34. The number of ether oxygens (including phenoxy) is 2. The van der Waals surface area contributed by atoms with E-state index in [4.69, 9.17) is 15.2 Å². The summed E-state index contributed by atoms with van der Waals surface area (Å²) >= 11 is 0. The first kappa shape index (κ1) is 20.6. The van der Waals surface area contributed by atoms with Crippen molar-refractivity contribution in [2.45, 2.75) is 45.8 Å². The predicted octanol–water partition coefficient (Wildman–Crippen LogP) is 3.03. The lowest BCUT2D eigenvalue weighted by Crippen LogP contribution is -2.41. The van der Waals surface area contributed by atoms with Crippen molar-refractivity contribution in [3.05, 3.63) is 35.3 Å². The van der Waals surface area contributed by atoms with E-state index in [-0.39, 0.29) is 30.5 Å². The zero-order valence-corrected chi connectivity index (χ0v) is 16.5. The molecule has 0 spiro atoms. The Hall–Kier alpha value is -2.17. The van der Waals surface area contributed by atoms with Gasteiger partial charge in [-0.25, -0.2) is 8.78 Å². The zero-order chi connectivity index (χ0) is 20.4. The van der Waals surface area contributed by atoms with E-state index in [2.05, 4.69) is 36.0 Å². The molecule has 2 heterocycles. The first-order valence-corrected chi connectivity index (χ1v) is 9.42. The SMILES string of the molecule is Cc1cc(C#CC2CC(F)(F)C2)cnc1/C(N)=C/NCC1OCC(C)(C)CO1. The highest BCUT2D eigenvalue weighted by atomic mass is 19.3. The van der Waals surface area contributed by atoms with Gasteiger partial charge in [0.05, 0.1) is 31.1 Å². The molecule has 5 nitrogen and oxygen atoms in total. The van der Waals surface area contributed by atoms with Crippen LogP contribution in [-0.4, -0.2) is 37.0 Å². The Balaban J connectivity index is 1.53. The van der Waals surface area contributed by atoms with Crippen molar-refractivity contribution >= 4 is 5.70 Å². The highest BCUT2D eigenvalue weighted by Crippen LogP contribution is 2.41. The molecule has 0 bridgehead atoms. The first-order valence-electron chi connectivity index (χ1n) is 9.42. The molecule has 152 valence electrons. The molecule has 1 aliphatic carbocycles.